The number of H-pyrrole nitrogens is 1. The molecule has 0 saturated heterocycles. The minimum absolute atomic E-state index is 0.0791. The summed E-state index contributed by atoms with van der Waals surface area (Å²) < 4.78 is 5.83. The first-order valence-electron chi connectivity index (χ1n) is 10.3. The molecule has 1 fully saturated rings. The van der Waals surface area contributed by atoms with Gasteiger partial charge in [-0.25, -0.2) is 10.8 Å². The Morgan fingerprint density at radius 2 is 2.00 bits per heavy atom. The fraction of sp³-hybridized carbons (Fsp3) is 0.261. The first kappa shape index (κ1) is 21.4. The number of aromatic amines is 1. The highest BCUT2D eigenvalue weighted by Gasteiger charge is 2.49. The summed E-state index contributed by atoms with van der Waals surface area (Å²) in [6, 6.07) is 13.4. The molecule has 0 aliphatic heterocycles. The maximum atomic E-state index is 12.2. The molecule has 2 aromatic carbocycles. The number of aliphatic carboxylic acids is 1. The Balaban J connectivity index is 1.71. The summed E-state index contributed by atoms with van der Waals surface area (Å²) in [6.45, 7) is 2.28. The molecule has 32 heavy (non-hydrogen) atoms. The summed E-state index contributed by atoms with van der Waals surface area (Å²) >= 11 is 0. The number of hydrogen-bond donors (Lipinski definition) is 5. The summed E-state index contributed by atoms with van der Waals surface area (Å²) in [5.41, 5.74) is 10.2. The highest BCUT2D eigenvalue weighted by atomic mass is 16.5. The molecule has 1 aliphatic rings. The van der Waals surface area contributed by atoms with E-state index in [9.17, 15) is 14.7 Å². The van der Waals surface area contributed by atoms with Gasteiger partial charge in [-0.2, -0.15) is 0 Å². The van der Waals surface area contributed by atoms with Gasteiger partial charge in [0.05, 0.1) is 17.6 Å². The molecule has 9 heteroatoms. The Hall–Kier alpha value is -3.85. The number of carbonyl (C=O) groups is 1. The second kappa shape index (κ2) is 8.35. The van der Waals surface area contributed by atoms with Crippen LogP contribution in [0.1, 0.15) is 25.3 Å². The van der Waals surface area contributed by atoms with Crippen LogP contribution in [0.4, 0.5) is 11.5 Å². The van der Waals surface area contributed by atoms with Crippen LogP contribution in [0.3, 0.4) is 0 Å². The first-order chi connectivity index (χ1) is 15.4. The molecule has 0 amide bonds. The number of benzene rings is 2. The second-order valence-corrected chi connectivity index (χ2v) is 7.93. The topological polar surface area (TPSA) is 156 Å². The number of hydrazine groups is 1. The maximum absolute atomic E-state index is 12.2. The van der Waals surface area contributed by atoms with E-state index in [0.717, 1.165) is 16.7 Å². The summed E-state index contributed by atoms with van der Waals surface area (Å²) in [4.78, 5) is 30.7. The number of carboxylic acid groups (broad SMARTS) is 1. The SMILES string of the molecule is CCOc1cc(-c2cccc(CC3(C(=O)O)CC3)c2)ccc1-c1nc(NN)c(N)c(=O)[nH]1. The van der Waals surface area contributed by atoms with Gasteiger partial charge in [0.1, 0.15) is 17.3 Å². The number of nitrogens with two attached hydrogens (primary N) is 2. The van der Waals surface area contributed by atoms with Gasteiger partial charge < -0.3 is 26.0 Å². The van der Waals surface area contributed by atoms with Crippen molar-refractivity contribution < 1.29 is 14.6 Å². The molecular weight excluding hydrogens is 410 g/mol. The minimum atomic E-state index is -0.734. The quantitative estimate of drug-likeness (QED) is 0.267. The summed E-state index contributed by atoms with van der Waals surface area (Å²) in [5, 5.41) is 9.49. The normalized spacial score (nSPS) is 14.1. The average molecular weight is 435 g/mol. The molecule has 7 N–H and O–H groups in total. The van der Waals surface area contributed by atoms with Crippen LogP contribution in [0.5, 0.6) is 5.75 Å². The predicted octanol–water partition coefficient (Wildman–Crippen LogP) is 2.78. The largest absolute Gasteiger partial charge is 0.493 e. The number of ether oxygens (including phenoxy) is 1. The number of rotatable bonds is 8. The lowest BCUT2D eigenvalue weighted by molar-refractivity contribution is -0.143. The van der Waals surface area contributed by atoms with Crippen LogP contribution in [0.25, 0.3) is 22.5 Å². The highest BCUT2D eigenvalue weighted by Crippen LogP contribution is 2.48. The molecule has 0 atom stereocenters. The smallest absolute Gasteiger partial charge is 0.309 e. The van der Waals surface area contributed by atoms with E-state index in [0.29, 0.717) is 37.2 Å². The number of nitrogens with zero attached hydrogens (tertiary/aromatic N) is 1. The van der Waals surface area contributed by atoms with E-state index in [-0.39, 0.29) is 17.3 Å². The third-order valence-corrected chi connectivity index (χ3v) is 5.74. The van der Waals surface area contributed by atoms with Crippen LogP contribution in [-0.2, 0) is 11.2 Å². The second-order valence-electron chi connectivity index (χ2n) is 7.93. The van der Waals surface area contributed by atoms with Crippen molar-refractivity contribution in [3.63, 3.8) is 0 Å². The van der Waals surface area contributed by atoms with E-state index < -0.39 is 16.9 Å². The molecule has 0 spiro atoms. The third kappa shape index (κ3) is 4.02. The highest BCUT2D eigenvalue weighted by molar-refractivity contribution is 5.79. The van der Waals surface area contributed by atoms with Crippen molar-refractivity contribution in [2.24, 2.45) is 11.3 Å². The van der Waals surface area contributed by atoms with Crippen molar-refractivity contribution in [1.82, 2.24) is 9.97 Å². The van der Waals surface area contributed by atoms with E-state index >= 15 is 0 Å². The van der Waals surface area contributed by atoms with Gasteiger partial charge >= 0.3 is 5.97 Å². The van der Waals surface area contributed by atoms with Gasteiger partial charge in [0, 0.05) is 0 Å². The Labute approximate surface area is 184 Å². The van der Waals surface area contributed by atoms with Gasteiger partial charge in [0.25, 0.3) is 5.56 Å². The van der Waals surface area contributed by atoms with Crippen LogP contribution in [0.2, 0.25) is 0 Å². The van der Waals surface area contributed by atoms with Gasteiger partial charge in [-0.1, -0.05) is 30.3 Å². The molecule has 0 bridgehead atoms. The van der Waals surface area contributed by atoms with Crippen LogP contribution in [0, 0.1) is 5.41 Å². The molecular formula is C23H25N5O4. The zero-order valence-corrected chi connectivity index (χ0v) is 17.6. The number of nitrogen functional groups attached to an aromatic ring is 2. The van der Waals surface area contributed by atoms with Crippen molar-refractivity contribution in [1.29, 1.82) is 0 Å². The predicted molar refractivity (Wildman–Crippen MR) is 122 cm³/mol. The Morgan fingerprint density at radius 3 is 2.66 bits per heavy atom. The number of carboxylic acids is 1. The molecule has 1 saturated carbocycles. The average Bonchev–Trinajstić information content (AvgIpc) is 3.57. The van der Waals surface area contributed by atoms with Gasteiger partial charge in [-0.05, 0) is 55.0 Å². The molecule has 0 unspecified atom stereocenters. The lowest BCUT2D eigenvalue weighted by Crippen LogP contribution is -2.20. The molecule has 1 aromatic heterocycles. The summed E-state index contributed by atoms with van der Waals surface area (Å²) in [7, 11) is 0. The maximum Gasteiger partial charge on any atom is 0.309 e. The Morgan fingerprint density at radius 1 is 1.25 bits per heavy atom. The van der Waals surface area contributed by atoms with E-state index in [2.05, 4.69) is 15.4 Å². The Kier molecular flexibility index (Phi) is 5.58. The summed E-state index contributed by atoms with van der Waals surface area (Å²) in [6.07, 6.45) is 1.93. The molecule has 4 rings (SSSR count). The van der Waals surface area contributed by atoms with Crippen LogP contribution < -0.4 is 27.3 Å². The van der Waals surface area contributed by atoms with Gasteiger partial charge in [0.2, 0.25) is 0 Å². The van der Waals surface area contributed by atoms with Crippen molar-refractivity contribution in [2.75, 3.05) is 17.8 Å². The van der Waals surface area contributed by atoms with Gasteiger partial charge in [0.15, 0.2) is 5.82 Å². The number of anilines is 2. The fourth-order valence-electron chi connectivity index (χ4n) is 3.76. The van der Waals surface area contributed by atoms with E-state index in [4.69, 9.17) is 16.3 Å². The van der Waals surface area contributed by atoms with Crippen LogP contribution >= 0.6 is 0 Å². The van der Waals surface area contributed by atoms with Gasteiger partial charge in [-0.15, -0.1) is 0 Å². The summed E-state index contributed by atoms with van der Waals surface area (Å²) in [5.74, 6) is 5.59. The van der Waals surface area contributed by atoms with Crippen molar-refractivity contribution in [2.45, 2.75) is 26.2 Å². The van der Waals surface area contributed by atoms with Crippen molar-refractivity contribution in [3.05, 3.63) is 58.4 Å². The van der Waals surface area contributed by atoms with E-state index in [1.807, 2.05) is 43.3 Å². The molecule has 166 valence electrons. The van der Waals surface area contributed by atoms with Crippen molar-refractivity contribution >= 4 is 17.5 Å². The first-order valence-corrected chi connectivity index (χ1v) is 10.3. The zero-order chi connectivity index (χ0) is 22.9. The number of aromatic nitrogens is 2. The van der Waals surface area contributed by atoms with Crippen LogP contribution in [0.15, 0.2) is 47.3 Å². The fourth-order valence-corrected chi connectivity index (χ4v) is 3.76. The molecule has 1 heterocycles. The number of nitrogens with one attached hydrogen (secondary N) is 2. The number of hydrogen-bond acceptors (Lipinski definition) is 7. The van der Waals surface area contributed by atoms with Gasteiger partial charge in [-0.3, -0.25) is 9.59 Å². The Bertz CT molecular complexity index is 1230. The molecule has 0 radical (unpaired) electrons. The third-order valence-electron chi connectivity index (χ3n) is 5.74. The molecule has 9 nitrogen and oxygen atoms in total. The molecule has 1 aliphatic carbocycles. The van der Waals surface area contributed by atoms with E-state index in [1.165, 1.54) is 0 Å². The lowest BCUT2D eigenvalue weighted by Gasteiger charge is -2.14. The zero-order valence-electron chi connectivity index (χ0n) is 17.6. The lowest BCUT2D eigenvalue weighted by atomic mass is 9.93. The minimum Gasteiger partial charge on any atom is -0.493 e. The molecule has 3 aromatic rings. The van der Waals surface area contributed by atoms with Crippen LogP contribution in [-0.4, -0.2) is 27.7 Å². The van der Waals surface area contributed by atoms with Crippen molar-refractivity contribution in [3.8, 4) is 28.3 Å². The monoisotopic (exact) mass is 435 g/mol. The standard InChI is InChI=1S/C23H25N5O4/c1-2-32-17-11-15(6-7-16(17)19-26-20(28-25)18(24)21(29)27-19)14-5-3-4-13(10-14)12-23(8-9-23)22(30)31/h3-7,10-11H,2,8-9,12,24-25H2,1H3,(H,30,31)(H2,26,27,28,29). The van der Waals surface area contributed by atoms with E-state index in [1.54, 1.807) is 6.07 Å².